The largest absolute Gasteiger partial charge is 0.396 e. The monoisotopic (exact) mass is 563 g/mol. The molecule has 4 aliphatic rings. The predicted molar refractivity (Wildman–Crippen MR) is 154 cm³/mol. The molecule has 2 aliphatic heterocycles. The van der Waals surface area contributed by atoms with Crippen molar-refractivity contribution in [3.05, 3.63) is 41.2 Å². The first-order chi connectivity index (χ1) is 19.9. The Bertz CT molecular complexity index is 1310. The van der Waals surface area contributed by atoms with Crippen molar-refractivity contribution in [2.24, 2.45) is 17.8 Å². The van der Waals surface area contributed by atoms with Gasteiger partial charge in [0, 0.05) is 36.9 Å². The van der Waals surface area contributed by atoms with Gasteiger partial charge in [-0.05, 0) is 93.7 Å². The summed E-state index contributed by atoms with van der Waals surface area (Å²) in [6.07, 6.45) is 8.51. The molecule has 2 unspecified atom stereocenters. The van der Waals surface area contributed by atoms with Gasteiger partial charge in [0.15, 0.2) is 0 Å². The zero-order valence-corrected chi connectivity index (χ0v) is 23.9. The third kappa shape index (κ3) is 5.28. The molecule has 2 aliphatic carbocycles. The first-order valence-corrected chi connectivity index (χ1v) is 15.2. The molecule has 6 rings (SSSR count). The van der Waals surface area contributed by atoms with E-state index in [1.54, 1.807) is 6.20 Å². The summed E-state index contributed by atoms with van der Waals surface area (Å²) in [7, 11) is 0. The summed E-state index contributed by atoms with van der Waals surface area (Å²) < 4.78 is 7.32. The molecule has 2 aromatic rings. The number of amides is 3. The lowest BCUT2D eigenvalue weighted by Gasteiger charge is -2.31. The highest BCUT2D eigenvalue weighted by atomic mass is 16.5. The molecule has 10 nitrogen and oxygen atoms in total. The number of aliphatic hydroxyl groups excluding tert-OH is 1. The number of hydrogen-bond acceptors (Lipinski definition) is 6. The quantitative estimate of drug-likeness (QED) is 0.329. The summed E-state index contributed by atoms with van der Waals surface area (Å²) >= 11 is 0. The lowest BCUT2D eigenvalue weighted by molar-refractivity contribution is -0.124. The third-order valence-electron chi connectivity index (χ3n) is 9.69. The first-order valence-electron chi connectivity index (χ1n) is 15.2. The smallest absolute Gasteiger partial charge is 0.255 e. The van der Waals surface area contributed by atoms with Crippen LogP contribution in [-0.2, 0) is 19.7 Å². The number of anilines is 2. The summed E-state index contributed by atoms with van der Waals surface area (Å²) in [4.78, 5) is 40.5. The van der Waals surface area contributed by atoms with Gasteiger partial charge in [-0.15, -0.1) is 0 Å². The molecule has 3 fully saturated rings. The molecule has 1 aromatic heterocycles. The van der Waals surface area contributed by atoms with E-state index in [9.17, 15) is 19.5 Å². The van der Waals surface area contributed by atoms with Gasteiger partial charge in [-0.25, -0.2) is 0 Å². The molecule has 220 valence electrons. The molecule has 10 heteroatoms. The SMILES string of the molecule is CCC(CCO)n1ncc(C(=O)NC(C(=O)Nc2ccc3c(c2)NC(=O)C32CCOCC2)C(C2CC2)C2CC2)c1C. The number of ether oxygens (including phenoxy) is 1. The molecular formula is C31H41N5O5. The van der Waals surface area contributed by atoms with Gasteiger partial charge in [0.1, 0.15) is 6.04 Å². The average molecular weight is 564 g/mol. The summed E-state index contributed by atoms with van der Waals surface area (Å²) in [6, 6.07) is 4.96. The Kier molecular flexibility index (Phi) is 7.63. The number of nitrogens with one attached hydrogen (secondary N) is 3. The Morgan fingerprint density at radius 2 is 1.90 bits per heavy atom. The normalized spacial score (nSPS) is 20.9. The maximum atomic E-state index is 13.9. The van der Waals surface area contributed by atoms with Crippen LogP contribution >= 0.6 is 0 Å². The number of carbonyl (C=O) groups excluding carboxylic acids is 3. The second-order valence-corrected chi connectivity index (χ2v) is 12.3. The number of aliphatic hydroxyl groups is 1. The van der Waals surface area contributed by atoms with Crippen molar-refractivity contribution in [1.29, 1.82) is 0 Å². The number of carbonyl (C=O) groups is 3. The van der Waals surface area contributed by atoms with Gasteiger partial charge in [0.2, 0.25) is 11.8 Å². The zero-order chi connectivity index (χ0) is 28.7. The van der Waals surface area contributed by atoms with Gasteiger partial charge >= 0.3 is 0 Å². The highest BCUT2D eigenvalue weighted by molar-refractivity contribution is 6.07. The van der Waals surface area contributed by atoms with E-state index in [1.807, 2.05) is 36.7 Å². The number of rotatable bonds is 11. The number of aromatic nitrogens is 2. The van der Waals surface area contributed by atoms with Crippen LogP contribution in [0.3, 0.4) is 0 Å². The van der Waals surface area contributed by atoms with Crippen LogP contribution in [0.2, 0.25) is 0 Å². The number of fused-ring (bicyclic) bond motifs is 2. The summed E-state index contributed by atoms with van der Waals surface area (Å²) in [5.41, 5.74) is 2.90. The second kappa shape index (κ2) is 11.2. The highest BCUT2D eigenvalue weighted by Gasteiger charge is 2.49. The molecule has 41 heavy (non-hydrogen) atoms. The lowest BCUT2D eigenvalue weighted by atomic mass is 9.75. The Morgan fingerprint density at radius 3 is 2.54 bits per heavy atom. The van der Waals surface area contributed by atoms with Crippen molar-refractivity contribution in [2.75, 3.05) is 30.5 Å². The van der Waals surface area contributed by atoms with Crippen LogP contribution in [0.25, 0.3) is 0 Å². The fourth-order valence-electron chi connectivity index (χ4n) is 7.05. The second-order valence-electron chi connectivity index (χ2n) is 12.3. The van der Waals surface area contributed by atoms with E-state index in [-0.39, 0.29) is 36.3 Å². The molecule has 1 saturated heterocycles. The average Bonchev–Trinajstić information content (AvgIpc) is 3.91. The Morgan fingerprint density at radius 1 is 1.20 bits per heavy atom. The molecule has 3 amide bonds. The summed E-state index contributed by atoms with van der Waals surface area (Å²) in [5, 5.41) is 23.1. The molecule has 0 bridgehead atoms. The Balaban J connectivity index is 1.23. The van der Waals surface area contributed by atoms with Crippen LogP contribution in [0, 0.1) is 24.7 Å². The van der Waals surface area contributed by atoms with Crippen molar-refractivity contribution >= 4 is 29.1 Å². The van der Waals surface area contributed by atoms with Crippen LogP contribution in [0.4, 0.5) is 11.4 Å². The van der Waals surface area contributed by atoms with E-state index in [0.29, 0.717) is 55.6 Å². The topological polar surface area (TPSA) is 135 Å². The molecule has 0 radical (unpaired) electrons. The number of hydrogen-bond donors (Lipinski definition) is 4. The fraction of sp³-hybridized carbons (Fsp3) is 0.613. The minimum absolute atomic E-state index is 0.00639. The van der Waals surface area contributed by atoms with E-state index in [4.69, 9.17) is 4.74 Å². The molecule has 1 spiro atoms. The van der Waals surface area contributed by atoms with Crippen molar-refractivity contribution in [3.8, 4) is 0 Å². The molecule has 2 saturated carbocycles. The highest BCUT2D eigenvalue weighted by Crippen LogP contribution is 2.51. The first kappa shape index (κ1) is 27.9. The molecular weight excluding hydrogens is 522 g/mol. The van der Waals surface area contributed by atoms with E-state index in [2.05, 4.69) is 21.0 Å². The van der Waals surface area contributed by atoms with E-state index in [1.165, 1.54) is 0 Å². The molecule has 3 heterocycles. The van der Waals surface area contributed by atoms with Crippen molar-refractivity contribution in [1.82, 2.24) is 15.1 Å². The predicted octanol–water partition coefficient (Wildman–Crippen LogP) is 3.70. The third-order valence-corrected chi connectivity index (χ3v) is 9.69. The van der Waals surface area contributed by atoms with Gasteiger partial charge in [0.25, 0.3) is 5.91 Å². The molecule has 2 atom stereocenters. The standard InChI is InChI=1S/C31H41N5O5/c1-3-22(10-13-37)36-18(2)23(17-32-36)28(38)35-27(26(19-4-5-19)20-6-7-20)29(39)33-21-8-9-24-25(16-21)34-30(40)31(24)11-14-41-15-12-31/h8-9,16-17,19-20,22,26-27,37H,3-7,10-15H2,1-2H3,(H,33,39)(H,34,40)(H,35,38). The van der Waals surface area contributed by atoms with Crippen LogP contribution < -0.4 is 16.0 Å². The minimum atomic E-state index is -0.672. The van der Waals surface area contributed by atoms with Crippen molar-refractivity contribution in [3.63, 3.8) is 0 Å². The van der Waals surface area contributed by atoms with E-state index < -0.39 is 11.5 Å². The number of benzene rings is 1. The molecule has 4 N–H and O–H groups in total. The van der Waals surface area contributed by atoms with Crippen molar-refractivity contribution in [2.45, 2.75) is 82.7 Å². The van der Waals surface area contributed by atoms with Gasteiger partial charge in [-0.3, -0.25) is 19.1 Å². The lowest BCUT2D eigenvalue weighted by Crippen LogP contribution is -2.50. The van der Waals surface area contributed by atoms with Crippen molar-refractivity contribution < 1.29 is 24.2 Å². The minimum Gasteiger partial charge on any atom is -0.396 e. The van der Waals surface area contributed by atoms with Crippen LogP contribution in [0.15, 0.2) is 24.4 Å². The van der Waals surface area contributed by atoms with Gasteiger partial charge in [-0.1, -0.05) is 13.0 Å². The number of nitrogens with zero attached hydrogens (tertiary/aromatic N) is 2. The zero-order valence-electron chi connectivity index (χ0n) is 23.9. The molecule has 1 aromatic carbocycles. The fourth-order valence-corrected chi connectivity index (χ4v) is 7.05. The Labute approximate surface area is 240 Å². The van der Waals surface area contributed by atoms with Gasteiger partial charge in [0.05, 0.1) is 23.2 Å². The van der Waals surface area contributed by atoms with Gasteiger partial charge in [-0.2, -0.15) is 5.10 Å². The van der Waals surface area contributed by atoms with Crippen LogP contribution in [-0.4, -0.2) is 58.5 Å². The van der Waals surface area contributed by atoms with Gasteiger partial charge < -0.3 is 25.8 Å². The van der Waals surface area contributed by atoms with Crippen LogP contribution in [0.5, 0.6) is 0 Å². The summed E-state index contributed by atoms with van der Waals surface area (Å²) in [5.74, 6) is 0.415. The van der Waals surface area contributed by atoms with E-state index >= 15 is 0 Å². The van der Waals surface area contributed by atoms with E-state index in [0.717, 1.165) is 49.0 Å². The summed E-state index contributed by atoms with van der Waals surface area (Å²) in [6.45, 7) is 5.05. The van der Waals surface area contributed by atoms with Crippen LogP contribution in [0.1, 0.15) is 85.9 Å². The maximum Gasteiger partial charge on any atom is 0.255 e. The Hall–Kier alpha value is -3.24. The maximum absolute atomic E-state index is 13.9.